The molecule has 0 unspecified atom stereocenters. The number of rotatable bonds is 4. The highest BCUT2D eigenvalue weighted by Crippen LogP contribution is 2.62. The molecule has 7 atom stereocenters. The second-order valence-corrected chi connectivity index (χ2v) is 11.6. The van der Waals surface area contributed by atoms with Crippen molar-refractivity contribution in [2.75, 3.05) is 27.7 Å². The average Bonchev–Trinajstić information content (AvgIpc) is 3.26. The SMILES string of the molecule is CN[C@@H](C)[C@@H](O)c1ccccc1.COc1ccc2c3c1O[C@H]1[C@@H](O)C=C[C@H]4[C@@H](C2)N(C)CC[C@@]341.Cl.O=P(O)(O)O. The molecule has 12 heteroatoms. The van der Waals surface area contributed by atoms with Gasteiger partial charge in [-0.15, -0.1) is 12.4 Å². The number of likely N-dealkylation sites (N-methyl/N-ethyl adjacent to an activating group) is 2. The van der Waals surface area contributed by atoms with Crippen molar-refractivity contribution in [2.24, 2.45) is 5.92 Å². The predicted molar refractivity (Wildman–Crippen MR) is 154 cm³/mol. The highest BCUT2D eigenvalue weighted by Gasteiger charge is 2.64. The maximum Gasteiger partial charge on any atom is 0.466 e. The molecule has 0 radical (unpaired) electrons. The number of phosphoric acid groups is 1. The third-order valence-corrected chi connectivity index (χ3v) is 8.42. The summed E-state index contributed by atoms with van der Waals surface area (Å²) in [6.07, 6.45) is 5.12. The first kappa shape index (κ1) is 32.5. The molecule has 6 N–H and O–H groups in total. The highest BCUT2D eigenvalue weighted by atomic mass is 35.5. The van der Waals surface area contributed by atoms with Crippen LogP contribution in [0.3, 0.4) is 0 Å². The van der Waals surface area contributed by atoms with E-state index in [0.717, 1.165) is 36.4 Å². The maximum atomic E-state index is 10.6. The lowest BCUT2D eigenvalue weighted by Crippen LogP contribution is -2.64. The molecule has 0 aromatic heterocycles. The van der Waals surface area contributed by atoms with Gasteiger partial charge in [-0.1, -0.05) is 48.6 Å². The van der Waals surface area contributed by atoms with Crippen LogP contribution >= 0.6 is 20.2 Å². The summed E-state index contributed by atoms with van der Waals surface area (Å²) in [5.74, 6) is 2.09. The molecule has 1 saturated heterocycles. The fourth-order valence-electron chi connectivity index (χ4n) is 6.49. The summed E-state index contributed by atoms with van der Waals surface area (Å²) in [5.41, 5.74) is 3.56. The Balaban J connectivity index is 0.000000209. The molecule has 1 spiro atoms. The van der Waals surface area contributed by atoms with Crippen molar-refractivity contribution in [3.8, 4) is 11.5 Å². The van der Waals surface area contributed by atoms with Gasteiger partial charge in [-0.3, -0.25) is 0 Å². The quantitative estimate of drug-likeness (QED) is 0.228. The minimum absolute atomic E-state index is 0. The number of benzene rings is 2. The summed E-state index contributed by atoms with van der Waals surface area (Å²) in [6, 6.07) is 14.5. The zero-order chi connectivity index (χ0) is 28.5. The molecule has 2 aliphatic heterocycles. The number of hydrogen-bond donors (Lipinski definition) is 6. The Kier molecular flexibility index (Phi) is 10.5. The van der Waals surface area contributed by atoms with E-state index in [2.05, 4.69) is 29.4 Å². The van der Waals surface area contributed by atoms with E-state index in [9.17, 15) is 10.2 Å². The van der Waals surface area contributed by atoms with Crippen LogP contribution in [-0.4, -0.2) is 81.8 Å². The molecule has 10 nitrogen and oxygen atoms in total. The molecule has 4 aliphatic rings. The lowest BCUT2D eigenvalue weighted by atomic mass is 9.53. The molecular formula is C28H40ClN2O8P. The number of nitrogens with one attached hydrogen (secondary N) is 1. The smallest absolute Gasteiger partial charge is 0.466 e. The van der Waals surface area contributed by atoms with Gasteiger partial charge in [-0.25, -0.2) is 4.57 Å². The number of ether oxygens (including phenoxy) is 2. The van der Waals surface area contributed by atoms with Gasteiger partial charge in [0.25, 0.3) is 0 Å². The van der Waals surface area contributed by atoms with Gasteiger partial charge in [0.15, 0.2) is 11.5 Å². The van der Waals surface area contributed by atoms with Gasteiger partial charge in [0.1, 0.15) is 12.2 Å². The number of methoxy groups -OCH3 is 1. The van der Waals surface area contributed by atoms with Crippen molar-refractivity contribution in [3.05, 3.63) is 71.3 Å². The molecule has 2 aromatic carbocycles. The summed E-state index contributed by atoms with van der Waals surface area (Å²) in [5, 5.41) is 23.3. The Bertz CT molecular complexity index is 1220. The number of hydrogen-bond acceptors (Lipinski definition) is 7. The predicted octanol–water partition coefficient (Wildman–Crippen LogP) is 2.32. The molecule has 2 aliphatic carbocycles. The molecule has 0 amide bonds. The first-order chi connectivity index (χ1) is 18.4. The van der Waals surface area contributed by atoms with Crippen molar-refractivity contribution in [3.63, 3.8) is 0 Å². The Morgan fingerprint density at radius 3 is 2.40 bits per heavy atom. The Morgan fingerprint density at radius 2 is 1.80 bits per heavy atom. The minimum atomic E-state index is -4.64. The van der Waals surface area contributed by atoms with E-state index in [1.807, 2.05) is 56.4 Å². The van der Waals surface area contributed by atoms with E-state index >= 15 is 0 Å². The average molecular weight is 599 g/mol. The number of likely N-dealkylation sites (tertiary alicyclic amines) is 1. The van der Waals surface area contributed by atoms with Crippen LogP contribution in [0, 0.1) is 5.92 Å². The molecule has 1 fully saturated rings. The maximum absolute atomic E-state index is 10.6. The van der Waals surface area contributed by atoms with Crippen molar-refractivity contribution in [1.29, 1.82) is 0 Å². The fraction of sp³-hybridized carbons (Fsp3) is 0.500. The molecule has 2 heterocycles. The van der Waals surface area contributed by atoms with Crippen LogP contribution in [-0.2, 0) is 16.4 Å². The monoisotopic (exact) mass is 598 g/mol. The van der Waals surface area contributed by atoms with Crippen molar-refractivity contribution < 1.29 is 38.9 Å². The zero-order valence-electron chi connectivity index (χ0n) is 23.0. The second kappa shape index (κ2) is 12.9. The number of nitrogens with zero attached hydrogens (tertiary/aromatic N) is 1. The molecule has 2 bridgehead atoms. The Labute approximate surface area is 241 Å². The van der Waals surface area contributed by atoms with Gasteiger partial charge in [0.2, 0.25) is 0 Å². The normalized spacial score (nSPS) is 28.7. The summed E-state index contributed by atoms with van der Waals surface area (Å²) >= 11 is 0. The lowest BCUT2D eigenvalue weighted by Gasteiger charge is -2.56. The van der Waals surface area contributed by atoms with E-state index in [0.29, 0.717) is 12.0 Å². The molecule has 0 saturated carbocycles. The molecule has 222 valence electrons. The first-order valence-corrected chi connectivity index (χ1v) is 14.6. The fourth-order valence-corrected chi connectivity index (χ4v) is 6.49. The summed E-state index contributed by atoms with van der Waals surface area (Å²) in [7, 11) is 1.11. The summed E-state index contributed by atoms with van der Waals surface area (Å²) < 4.78 is 20.7. The van der Waals surface area contributed by atoms with Crippen LogP contribution in [0.25, 0.3) is 0 Å². The molecule has 6 rings (SSSR count). The van der Waals surface area contributed by atoms with E-state index in [1.54, 1.807) is 7.11 Å². The zero-order valence-corrected chi connectivity index (χ0v) is 24.8. The summed E-state index contributed by atoms with van der Waals surface area (Å²) in [4.78, 5) is 24.0. The minimum Gasteiger partial charge on any atom is -0.493 e. The lowest BCUT2D eigenvalue weighted by molar-refractivity contribution is -0.0453. The summed E-state index contributed by atoms with van der Waals surface area (Å²) in [6.45, 7) is 3.01. The van der Waals surface area contributed by atoms with Crippen molar-refractivity contribution in [1.82, 2.24) is 10.2 Å². The topological polar surface area (TPSA) is 152 Å². The van der Waals surface area contributed by atoms with Gasteiger partial charge in [-0.2, -0.15) is 0 Å². The van der Waals surface area contributed by atoms with Gasteiger partial charge >= 0.3 is 7.82 Å². The van der Waals surface area contributed by atoms with Gasteiger partial charge in [-0.05, 0) is 57.6 Å². The van der Waals surface area contributed by atoms with Crippen LogP contribution in [0.1, 0.15) is 36.1 Å². The number of halogens is 1. The molecule has 40 heavy (non-hydrogen) atoms. The van der Waals surface area contributed by atoms with Crippen LogP contribution in [0.5, 0.6) is 11.5 Å². The van der Waals surface area contributed by atoms with Crippen LogP contribution in [0.15, 0.2) is 54.6 Å². The Morgan fingerprint density at radius 1 is 1.15 bits per heavy atom. The second-order valence-electron chi connectivity index (χ2n) is 10.6. The van der Waals surface area contributed by atoms with Gasteiger partial charge in [0.05, 0.1) is 13.2 Å². The highest BCUT2D eigenvalue weighted by molar-refractivity contribution is 7.45. The third kappa shape index (κ3) is 6.26. The largest absolute Gasteiger partial charge is 0.493 e. The van der Waals surface area contributed by atoms with E-state index < -0.39 is 20.0 Å². The van der Waals surface area contributed by atoms with Crippen molar-refractivity contribution in [2.45, 2.75) is 55.6 Å². The van der Waals surface area contributed by atoms with Crippen molar-refractivity contribution >= 4 is 20.2 Å². The number of aliphatic hydroxyl groups excluding tert-OH is 2. The number of piperidine rings is 1. The molecule has 2 aromatic rings. The number of aliphatic hydroxyl groups is 2. The van der Waals surface area contributed by atoms with E-state index in [-0.39, 0.29) is 30.0 Å². The third-order valence-electron chi connectivity index (χ3n) is 8.42. The molecular weight excluding hydrogens is 559 g/mol. The Hall–Kier alpha value is -1.98. The van der Waals surface area contributed by atoms with Gasteiger partial charge in [0, 0.05) is 29.0 Å². The first-order valence-electron chi connectivity index (χ1n) is 13.0. The standard InChI is InChI=1S/C18H21NO3.C10H15NO.ClH.H3O4P/c1-19-8-7-18-11-4-5-13(20)17(18)22-16-14(21-2)6-3-10(15(16)18)9-12(11)19;1-8(11-2)10(12)9-6-4-3-5-7-9;;1-5(2,3)4/h3-6,11-13,17,20H,7-9H2,1-2H3;3-8,10-12H,1-2H3;1H;(H3,1,2,3,4)/t11-,12+,13-,17-,18-;8-,10+;;/m00../s1. The van der Waals surface area contributed by atoms with E-state index in [4.69, 9.17) is 28.7 Å². The van der Waals surface area contributed by atoms with Crippen LogP contribution in [0.4, 0.5) is 0 Å². The van der Waals surface area contributed by atoms with Crippen LogP contribution in [0.2, 0.25) is 0 Å². The van der Waals surface area contributed by atoms with Gasteiger partial charge < -0.3 is 44.6 Å². The van der Waals surface area contributed by atoms with E-state index in [1.165, 1.54) is 11.1 Å². The van der Waals surface area contributed by atoms with Crippen LogP contribution < -0.4 is 14.8 Å².